The summed E-state index contributed by atoms with van der Waals surface area (Å²) in [5.74, 6) is 0. The molecule has 4 heteroatoms. The molecule has 2 rings (SSSR count). The van der Waals surface area contributed by atoms with Crippen molar-refractivity contribution >= 4 is 20.8 Å². The van der Waals surface area contributed by atoms with Gasteiger partial charge in [0.1, 0.15) is 0 Å². The van der Waals surface area contributed by atoms with Crippen LogP contribution in [0.2, 0.25) is 0 Å². The van der Waals surface area contributed by atoms with Crippen LogP contribution in [-0.2, 0) is 10.0 Å². The van der Waals surface area contributed by atoms with E-state index in [1.54, 1.807) is 12.1 Å². The molecule has 0 aliphatic rings. The van der Waals surface area contributed by atoms with Crippen LogP contribution < -0.4 is 4.72 Å². The molecule has 1 N–H and O–H groups in total. The van der Waals surface area contributed by atoms with E-state index in [-0.39, 0.29) is 0 Å². The van der Waals surface area contributed by atoms with Crippen LogP contribution in [0.4, 0.5) is 0 Å². The summed E-state index contributed by atoms with van der Waals surface area (Å²) in [7, 11) is -3.39. The summed E-state index contributed by atoms with van der Waals surface area (Å²) in [6.07, 6.45) is 5.56. The van der Waals surface area contributed by atoms with Gasteiger partial charge in [0, 0.05) is 6.54 Å². The molecule has 0 radical (unpaired) electrons. The highest BCUT2D eigenvalue weighted by Crippen LogP contribution is 2.18. The second-order valence-electron chi connectivity index (χ2n) is 5.32. The third-order valence-corrected chi connectivity index (χ3v) is 5.06. The van der Waals surface area contributed by atoms with E-state index in [2.05, 4.69) is 11.6 Å². The Labute approximate surface area is 127 Å². The maximum atomic E-state index is 12.3. The fraction of sp³-hybridized carbons (Fsp3) is 0.412. The number of hydrogen-bond acceptors (Lipinski definition) is 2. The van der Waals surface area contributed by atoms with Gasteiger partial charge in [-0.25, -0.2) is 13.1 Å². The normalized spacial score (nSPS) is 11.9. The van der Waals surface area contributed by atoms with Gasteiger partial charge in [-0.05, 0) is 29.3 Å². The minimum absolute atomic E-state index is 0.342. The van der Waals surface area contributed by atoms with E-state index in [4.69, 9.17) is 0 Å². The average molecular weight is 305 g/mol. The quantitative estimate of drug-likeness (QED) is 0.747. The second kappa shape index (κ2) is 7.57. The van der Waals surface area contributed by atoms with Gasteiger partial charge < -0.3 is 0 Å². The molecule has 2 aromatic rings. The highest BCUT2D eigenvalue weighted by Gasteiger charge is 2.13. The van der Waals surface area contributed by atoms with Crippen LogP contribution in [-0.4, -0.2) is 15.0 Å². The predicted octanol–water partition coefficient (Wildman–Crippen LogP) is 4.09. The molecular weight excluding hydrogens is 282 g/mol. The topological polar surface area (TPSA) is 46.2 Å². The molecule has 0 amide bonds. The van der Waals surface area contributed by atoms with E-state index >= 15 is 0 Å². The summed E-state index contributed by atoms with van der Waals surface area (Å²) in [5, 5.41) is 2.00. The van der Waals surface area contributed by atoms with Crippen molar-refractivity contribution in [1.82, 2.24) is 4.72 Å². The fourth-order valence-corrected chi connectivity index (χ4v) is 3.46. The van der Waals surface area contributed by atoms with Gasteiger partial charge in [-0.15, -0.1) is 0 Å². The van der Waals surface area contributed by atoms with Gasteiger partial charge in [0.25, 0.3) is 0 Å². The molecule has 21 heavy (non-hydrogen) atoms. The van der Waals surface area contributed by atoms with Gasteiger partial charge in [0.2, 0.25) is 10.0 Å². The van der Waals surface area contributed by atoms with Gasteiger partial charge in [0.05, 0.1) is 4.90 Å². The molecule has 0 aromatic heterocycles. The van der Waals surface area contributed by atoms with E-state index in [1.165, 1.54) is 19.3 Å². The third-order valence-electron chi connectivity index (χ3n) is 3.60. The first-order chi connectivity index (χ1) is 10.1. The molecule has 2 aromatic carbocycles. The van der Waals surface area contributed by atoms with Crippen molar-refractivity contribution in [2.24, 2.45) is 0 Å². The summed E-state index contributed by atoms with van der Waals surface area (Å²) in [4.78, 5) is 0.342. The van der Waals surface area contributed by atoms with Gasteiger partial charge in [-0.2, -0.15) is 0 Å². The monoisotopic (exact) mass is 305 g/mol. The zero-order valence-corrected chi connectivity index (χ0v) is 13.3. The first-order valence-electron chi connectivity index (χ1n) is 7.62. The van der Waals surface area contributed by atoms with Crippen LogP contribution in [0, 0.1) is 0 Å². The Morgan fingerprint density at radius 2 is 1.62 bits per heavy atom. The molecule has 0 saturated carbocycles. The molecule has 0 heterocycles. The van der Waals surface area contributed by atoms with Crippen LogP contribution in [0.25, 0.3) is 10.8 Å². The van der Waals surface area contributed by atoms with Gasteiger partial charge in [-0.3, -0.25) is 0 Å². The minimum Gasteiger partial charge on any atom is -0.211 e. The van der Waals surface area contributed by atoms with E-state index in [0.29, 0.717) is 11.4 Å². The first kappa shape index (κ1) is 16.0. The first-order valence-corrected chi connectivity index (χ1v) is 9.10. The summed E-state index contributed by atoms with van der Waals surface area (Å²) in [5.41, 5.74) is 0. The Morgan fingerprint density at radius 3 is 2.38 bits per heavy atom. The van der Waals surface area contributed by atoms with Crippen LogP contribution in [0.1, 0.15) is 39.0 Å². The Bertz CT molecular complexity index is 680. The summed E-state index contributed by atoms with van der Waals surface area (Å²) in [6, 6.07) is 13.0. The number of hydrogen-bond donors (Lipinski definition) is 1. The Kier molecular flexibility index (Phi) is 5.76. The molecule has 3 nitrogen and oxygen atoms in total. The molecule has 0 spiro atoms. The van der Waals surface area contributed by atoms with Crippen molar-refractivity contribution in [1.29, 1.82) is 0 Å². The number of rotatable bonds is 8. The van der Waals surface area contributed by atoms with Gasteiger partial charge >= 0.3 is 0 Å². The lowest BCUT2D eigenvalue weighted by Crippen LogP contribution is -2.24. The summed E-state index contributed by atoms with van der Waals surface area (Å²) < 4.78 is 27.2. The number of fused-ring (bicyclic) bond motifs is 1. The zero-order valence-electron chi connectivity index (χ0n) is 12.5. The lowest BCUT2D eigenvalue weighted by molar-refractivity contribution is 0.571. The van der Waals surface area contributed by atoms with Crippen LogP contribution in [0.3, 0.4) is 0 Å². The van der Waals surface area contributed by atoms with Crippen molar-refractivity contribution < 1.29 is 8.42 Å². The standard InChI is InChI=1S/C17H23NO2S/c1-2-3-4-5-8-13-18-21(19,20)17-12-11-15-9-6-7-10-16(15)14-17/h6-7,9-12,14,18H,2-5,8,13H2,1H3. The van der Waals surface area contributed by atoms with Crippen molar-refractivity contribution in [3.8, 4) is 0 Å². The minimum atomic E-state index is -3.39. The van der Waals surface area contributed by atoms with Crippen LogP contribution in [0.5, 0.6) is 0 Å². The smallest absolute Gasteiger partial charge is 0.211 e. The van der Waals surface area contributed by atoms with Crippen molar-refractivity contribution in [3.63, 3.8) is 0 Å². The molecule has 0 fully saturated rings. The Morgan fingerprint density at radius 1 is 0.905 bits per heavy atom. The van der Waals surface area contributed by atoms with E-state index < -0.39 is 10.0 Å². The van der Waals surface area contributed by atoms with E-state index in [1.807, 2.05) is 30.3 Å². The number of unbranched alkanes of at least 4 members (excludes halogenated alkanes) is 4. The Hall–Kier alpha value is -1.39. The van der Waals surface area contributed by atoms with Crippen LogP contribution >= 0.6 is 0 Å². The van der Waals surface area contributed by atoms with E-state index in [0.717, 1.165) is 23.6 Å². The SMILES string of the molecule is CCCCCCCNS(=O)(=O)c1ccc2ccccc2c1. The number of sulfonamides is 1. The highest BCUT2D eigenvalue weighted by atomic mass is 32.2. The molecule has 0 aliphatic heterocycles. The van der Waals surface area contributed by atoms with Crippen molar-refractivity contribution in [2.75, 3.05) is 6.54 Å². The van der Waals surface area contributed by atoms with Crippen molar-refractivity contribution in [3.05, 3.63) is 42.5 Å². The zero-order chi connectivity index (χ0) is 15.1. The predicted molar refractivity (Wildman–Crippen MR) is 87.9 cm³/mol. The van der Waals surface area contributed by atoms with Crippen molar-refractivity contribution in [2.45, 2.75) is 43.9 Å². The van der Waals surface area contributed by atoms with E-state index in [9.17, 15) is 8.42 Å². The molecule has 114 valence electrons. The van der Waals surface area contributed by atoms with Gasteiger partial charge in [0.15, 0.2) is 0 Å². The lowest BCUT2D eigenvalue weighted by Gasteiger charge is -2.08. The molecule has 0 bridgehead atoms. The maximum absolute atomic E-state index is 12.3. The Balaban J connectivity index is 1.97. The molecule has 0 unspecified atom stereocenters. The fourth-order valence-electron chi connectivity index (χ4n) is 2.35. The second-order valence-corrected chi connectivity index (χ2v) is 7.09. The molecule has 0 aliphatic carbocycles. The lowest BCUT2D eigenvalue weighted by atomic mass is 10.1. The molecule has 0 saturated heterocycles. The number of benzene rings is 2. The average Bonchev–Trinajstić information content (AvgIpc) is 2.50. The summed E-state index contributed by atoms with van der Waals surface area (Å²) in [6.45, 7) is 2.68. The highest BCUT2D eigenvalue weighted by molar-refractivity contribution is 7.89. The van der Waals surface area contributed by atoms with Crippen LogP contribution in [0.15, 0.2) is 47.4 Å². The largest absolute Gasteiger partial charge is 0.240 e. The number of nitrogens with one attached hydrogen (secondary N) is 1. The molecular formula is C17H23NO2S. The molecule has 0 atom stereocenters. The summed E-state index contributed by atoms with van der Waals surface area (Å²) >= 11 is 0. The third kappa shape index (κ3) is 4.55. The maximum Gasteiger partial charge on any atom is 0.240 e. The van der Waals surface area contributed by atoms with Gasteiger partial charge in [-0.1, -0.05) is 62.9 Å².